The summed E-state index contributed by atoms with van der Waals surface area (Å²) in [7, 11) is 0. The lowest BCUT2D eigenvalue weighted by Gasteiger charge is -2.32. The Morgan fingerprint density at radius 2 is 2.09 bits per heavy atom. The maximum Gasteiger partial charge on any atom is 0.271 e. The number of benzene rings is 1. The van der Waals surface area contributed by atoms with E-state index in [0.717, 1.165) is 0 Å². The van der Waals surface area contributed by atoms with Crippen LogP contribution in [-0.2, 0) is 4.79 Å². The minimum atomic E-state index is -1.07. The highest BCUT2D eigenvalue weighted by atomic mass is 35.5. The predicted octanol–water partition coefficient (Wildman–Crippen LogP) is 4.41. The Hall–Kier alpha value is -2.05. The van der Waals surface area contributed by atoms with Gasteiger partial charge in [0.25, 0.3) is 5.69 Å². The van der Waals surface area contributed by atoms with Crippen molar-refractivity contribution < 1.29 is 14.8 Å². The van der Waals surface area contributed by atoms with Gasteiger partial charge < -0.3 is 10.4 Å². The SMILES string of the molecule is CC1C=C(Cl)C(O)=CC1(C)C(=O)Nc1cc([N+](=O)[O-])ccc1Cl. The molecular weight excluding hydrogens is 343 g/mol. The first-order chi connectivity index (χ1) is 10.6. The van der Waals surface area contributed by atoms with Crippen LogP contribution in [0.1, 0.15) is 13.8 Å². The molecule has 8 heteroatoms. The number of allylic oxidation sites excluding steroid dienone is 2. The molecule has 2 rings (SSSR count). The number of carbonyl (C=O) groups excluding carboxylic acids is 1. The fourth-order valence-electron chi connectivity index (χ4n) is 2.21. The number of carbonyl (C=O) groups is 1. The minimum Gasteiger partial charge on any atom is -0.507 e. The number of nitro benzene ring substituents is 1. The number of rotatable bonds is 3. The zero-order valence-corrected chi connectivity index (χ0v) is 13.9. The first-order valence-electron chi connectivity index (χ1n) is 6.70. The standard InChI is InChI=1S/C15H14Cl2N2O4/c1-8-5-11(17)13(20)7-15(8,2)14(21)18-12-6-9(19(22)23)3-4-10(12)16/h3-8,20H,1-2H3,(H,18,21). The Balaban J connectivity index is 2.33. The fraction of sp³-hybridized carbons (Fsp3) is 0.267. The molecule has 1 aromatic rings. The molecule has 0 aliphatic heterocycles. The summed E-state index contributed by atoms with van der Waals surface area (Å²) in [5.41, 5.74) is -1.13. The van der Waals surface area contributed by atoms with Gasteiger partial charge in [0.2, 0.25) is 5.91 Å². The van der Waals surface area contributed by atoms with E-state index in [9.17, 15) is 20.0 Å². The molecular formula is C15H14Cl2N2O4. The number of anilines is 1. The number of nitrogens with one attached hydrogen (secondary N) is 1. The second-order valence-electron chi connectivity index (χ2n) is 5.49. The predicted molar refractivity (Wildman–Crippen MR) is 88.7 cm³/mol. The van der Waals surface area contributed by atoms with Gasteiger partial charge in [-0.15, -0.1) is 0 Å². The average Bonchev–Trinajstić information content (AvgIpc) is 2.47. The fourth-order valence-corrected chi connectivity index (χ4v) is 2.62. The van der Waals surface area contributed by atoms with Gasteiger partial charge in [-0.25, -0.2) is 0 Å². The van der Waals surface area contributed by atoms with Crippen LogP contribution in [0.15, 0.2) is 41.1 Å². The van der Waals surface area contributed by atoms with E-state index in [1.54, 1.807) is 19.9 Å². The van der Waals surface area contributed by atoms with Gasteiger partial charge in [0, 0.05) is 12.1 Å². The Morgan fingerprint density at radius 3 is 2.70 bits per heavy atom. The van der Waals surface area contributed by atoms with Crippen LogP contribution in [0.2, 0.25) is 5.02 Å². The number of non-ortho nitro benzene ring substituents is 1. The molecule has 0 fully saturated rings. The summed E-state index contributed by atoms with van der Waals surface area (Å²) in [6, 6.07) is 3.77. The maximum absolute atomic E-state index is 12.6. The summed E-state index contributed by atoms with van der Waals surface area (Å²) in [6.45, 7) is 3.41. The number of halogens is 2. The van der Waals surface area contributed by atoms with Crippen molar-refractivity contribution in [2.75, 3.05) is 5.32 Å². The van der Waals surface area contributed by atoms with Crippen LogP contribution in [0.4, 0.5) is 11.4 Å². The summed E-state index contributed by atoms with van der Waals surface area (Å²) < 4.78 is 0. The molecule has 0 radical (unpaired) electrons. The molecule has 1 aliphatic rings. The van der Waals surface area contributed by atoms with Gasteiger partial charge in [0.05, 0.1) is 26.1 Å². The van der Waals surface area contributed by atoms with Crippen molar-refractivity contribution in [1.29, 1.82) is 0 Å². The third-order valence-corrected chi connectivity index (χ3v) is 4.57. The number of aliphatic hydroxyl groups is 1. The summed E-state index contributed by atoms with van der Waals surface area (Å²) >= 11 is 11.8. The van der Waals surface area contributed by atoms with E-state index in [-0.39, 0.29) is 33.1 Å². The number of hydrogen-bond donors (Lipinski definition) is 2. The summed E-state index contributed by atoms with van der Waals surface area (Å²) in [5.74, 6) is -0.935. The average molecular weight is 357 g/mol. The highest BCUT2D eigenvalue weighted by molar-refractivity contribution is 6.34. The zero-order chi connectivity index (χ0) is 17.4. The Bertz CT molecular complexity index is 745. The molecule has 2 unspecified atom stereocenters. The molecule has 2 atom stereocenters. The third kappa shape index (κ3) is 3.33. The van der Waals surface area contributed by atoms with E-state index in [2.05, 4.69) is 5.32 Å². The van der Waals surface area contributed by atoms with E-state index in [0.29, 0.717) is 0 Å². The van der Waals surface area contributed by atoms with Crippen LogP contribution >= 0.6 is 23.2 Å². The van der Waals surface area contributed by atoms with Gasteiger partial charge in [0.15, 0.2) is 0 Å². The monoisotopic (exact) mass is 356 g/mol. The normalized spacial score (nSPS) is 23.7. The first-order valence-corrected chi connectivity index (χ1v) is 7.45. The van der Waals surface area contributed by atoms with E-state index in [1.165, 1.54) is 24.3 Å². The van der Waals surface area contributed by atoms with Crippen LogP contribution in [0.5, 0.6) is 0 Å². The number of nitrogens with zero attached hydrogens (tertiary/aromatic N) is 1. The van der Waals surface area contributed by atoms with Crippen molar-refractivity contribution in [2.45, 2.75) is 13.8 Å². The van der Waals surface area contributed by atoms with Crippen LogP contribution in [0.25, 0.3) is 0 Å². The van der Waals surface area contributed by atoms with E-state index in [1.807, 2.05) is 0 Å². The van der Waals surface area contributed by atoms with Crippen molar-refractivity contribution in [1.82, 2.24) is 0 Å². The molecule has 1 aliphatic carbocycles. The van der Waals surface area contributed by atoms with Gasteiger partial charge in [-0.3, -0.25) is 14.9 Å². The first kappa shape index (κ1) is 17.3. The van der Waals surface area contributed by atoms with Gasteiger partial charge in [-0.05, 0) is 25.0 Å². The molecule has 0 bridgehead atoms. The maximum atomic E-state index is 12.6. The van der Waals surface area contributed by atoms with Crippen molar-refractivity contribution >= 4 is 40.5 Å². The molecule has 1 amide bonds. The molecule has 23 heavy (non-hydrogen) atoms. The van der Waals surface area contributed by atoms with Gasteiger partial charge in [-0.1, -0.05) is 36.2 Å². The van der Waals surface area contributed by atoms with Crippen molar-refractivity contribution in [3.05, 3.63) is 56.3 Å². The van der Waals surface area contributed by atoms with Crippen LogP contribution in [0.3, 0.4) is 0 Å². The molecule has 122 valence electrons. The smallest absolute Gasteiger partial charge is 0.271 e. The molecule has 2 N–H and O–H groups in total. The van der Waals surface area contributed by atoms with Gasteiger partial charge >= 0.3 is 0 Å². The van der Waals surface area contributed by atoms with E-state index >= 15 is 0 Å². The van der Waals surface area contributed by atoms with E-state index < -0.39 is 16.2 Å². The number of hydrogen-bond acceptors (Lipinski definition) is 4. The van der Waals surface area contributed by atoms with Crippen LogP contribution < -0.4 is 5.32 Å². The van der Waals surface area contributed by atoms with E-state index in [4.69, 9.17) is 23.2 Å². The molecule has 0 spiro atoms. The second kappa shape index (κ2) is 6.22. The van der Waals surface area contributed by atoms with Crippen LogP contribution in [-0.4, -0.2) is 15.9 Å². The molecule has 0 heterocycles. The second-order valence-corrected chi connectivity index (χ2v) is 6.31. The zero-order valence-electron chi connectivity index (χ0n) is 12.3. The lowest BCUT2D eigenvalue weighted by Crippen LogP contribution is -2.38. The number of aliphatic hydroxyl groups excluding tert-OH is 1. The molecule has 1 aromatic carbocycles. The van der Waals surface area contributed by atoms with Crippen molar-refractivity contribution in [2.24, 2.45) is 11.3 Å². The molecule has 0 saturated carbocycles. The number of amides is 1. The molecule has 6 nitrogen and oxygen atoms in total. The quantitative estimate of drug-likeness (QED) is 0.619. The minimum absolute atomic E-state index is 0.132. The number of nitro groups is 1. The van der Waals surface area contributed by atoms with Crippen molar-refractivity contribution in [3.8, 4) is 0 Å². The summed E-state index contributed by atoms with van der Waals surface area (Å²) in [6.07, 6.45) is 2.94. The Morgan fingerprint density at radius 1 is 1.43 bits per heavy atom. The van der Waals surface area contributed by atoms with Gasteiger partial charge in [0.1, 0.15) is 5.76 Å². The van der Waals surface area contributed by atoms with Crippen LogP contribution in [0, 0.1) is 21.4 Å². The lowest BCUT2D eigenvalue weighted by atomic mass is 9.74. The largest absolute Gasteiger partial charge is 0.507 e. The Kier molecular flexibility index (Phi) is 4.68. The highest BCUT2D eigenvalue weighted by Gasteiger charge is 2.39. The highest BCUT2D eigenvalue weighted by Crippen LogP contribution is 2.40. The van der Waals surface area contributed by atoms with Crippen molar-refractivity contribution in [3.63, 3.8) is 0 Å². The van der Waals surface area contributed by atoms with Gasteiger partial charge in [-0.2, -0.15) is 0 Å². The summed E-state index contributed by atoms with van der Waals surface area (Å²) in [5, 5.41) is 23.5. The summed E-state index contributed by atoms with van der Waals surface area (Å²) in [4.78, 5) is 22.9. The topological polar surface area (TPSA) is 92.5 Å². The third-order valence-electron chi connectivity index (χ3n) is 3.92. The lowest BCUT2D eigenvalue weighted by molar-refractivity contribution is -0.384. The molecule has 0 saturated heterocycles. The molecule has 0 aromatic heterocycles. The Labute approximate surface area is 142 Å².